The fourth-order valence-electron chi connectivity index (χ4n) is 2.54. The van der Waals surface area contributed by atoms with E-state index >= 15 is 0 Å². The second kappa shape index (κ2) is 6.97. The molecule has 0 N–H and O–H groups in total. The first-order valence-electron chi connectivity index (χ1n) is 7.66. The molecule has 24 heavy (non-hydrogen) atoms. The summed E-state index contributed by atoms with van der Waals surface area (Å²) >= 11 is 5.97. The first-order chi connectivity index (χ1) is 11.6. The molecule has 0 aliphatic heterocycles. The van der Waals surface area contributed by atoms with Crippen LogP contribution in [0, 0.1) is 6.92 Å². The summed E-state index contributed by atoms with van der Waals surface area (Å²) in [6, 6.07) is 12.9. The molecule has 0 fully saturated rings. The van der Waals surface area contributed by atoms with E-state index in [-0.39, 0.29) is 5.97 Å². The molecule has 3 rings (SSSR count). The maximum Gasteiger partial charge on any atom is 0.342 e. The van der Waals surface area contributed by atoms with Gasteiger partial charge in [-0.3, -0.25) is 0 Å². The Kier molecular flexibility index (Phi) is 4.76. The molecular formula is C19H17ClO4. The van der Waals surface area contributed by atoms with E-state index in [9.17, 15) is 4.79 Å². The van der Waals surface area contributed by atoms with Crippen molar-refractivity contribution in [1.29, 1.82) is 0 Å². The third-order valence-electron chi connectivity index (χ3n) is 3.61. The van der Waals surface area contributed by atoms with Gasteiger partial charge < -0.3 is 13.9 Å². The van der Waals surface area contributed by atoms with Gasteiger partial charge in [0.05, 0.1) is 6.61 Å². The second-order valence-corrected chi connectivity index (χ2v) is 5.77. The monoisotopic (exact) mass is 344 g/mol. The Morgan fingerprint density at radius 1 is 1.21 bits per heavy atom. The fourth-order valence-corrected chi connectivity index (χ4v) is 2.75. The van der Waals surface area contributed by atoms with Crippen LogP contribution in [0.25, 0.3) is 11.0 Å². The molecule has 0 aliphatic carbocycles. The van der Waals surface area contributed by atoms with Gasteiger partial charge >= 0.3 is 5.97 Å². The molecule has 5 heteroatoms. The minimum Gasteiger partial charge on any atom is -0.489 e. The van der Waals surface area contributed by atoms with E-state index in [2.05, 4.69) is 0 Å². The summed E-state index contributed by atoms with van der Waals surface area (Å²) in [7, 11) is 0. The number of aryl methyl sites for hydroxylation is 1. The van der Waals surface area contributed by atoms with E-state index in [1.807, 2.05) is 30.3 Å². The smallest absolute Gasteiger partial charge is 0.342 e. The molecule has 1 aromatic heterocycles. The number of carbonyl (C=O) groups excluding carboxylic acids is 1. The molecule has 0 saturated heterocycles. The molecule has 0 spiro atoms. The third-order valence-corrected chi connectivity index (χ3v) is 3.84. The lowest BCUT2D eigenvalue weighted by Gasteiger charge is -2.07. The minimum atomic E-state index is -0.388. The fraction of sp³-hybridized carbons (Fsp3) is 0.211. The van der Waals surface area contributed by atoms with Crippen LogP contribution in [-0.4, -0.2) is 12.6 Å². The van der Waals surface area contributed by atoms with Gasteiger partial charge in [-0.2, -0.15) is 0 Å². The van der Waals surface area contributed by atoms with Crippen LogP contribution in [0.3, 0.4) is 0 Å². The predicted octanol–water partition coefficient (Wildman–Crippen LogP) is 5.15. The SMILES string of the molecule is CCOC(=O)c1c(C)oc2ccc(OCc3cccc(Cl)c3)cc12. The van der Waals surface area contributed by atoms with Gasteiger partial charge in [-0.05, 0) is 49.7 Å². The zero-order valence-electron chi connectivity index (χ0n) is 13.5. The normalized spacial score (nSPS) is 10.8. The molecule has 0 saturated carbocycles. The molecule has 0 bridgehead atoms. The number of rotatable bonds is 5. The van der Waals surface area contributed by atoms with Gasteiger partial charge in [0.2, 0.25) is 0 Å². The van der Waals surface area contributed by atoms with Crippen LogP contribution >= 0.6 is 11.6 Å². The summed E-state index contributed by atoms with van der Waals surface area (Å²) in [6.45, 7) is 4.22. The Hall–Kier alpha value is -2.46. The van der Waals surface area contributed by atoms with Crippen molar-refractivity contribution in [2.75, 3.05) is 6.61 Å². The number of hydrogen-bond acceptors (Lipinski definition) is 4. The maximum absolute atomic E-state index is 12.1. The van der Waals surface area contributed by atoms with Crippen LogP contribution in [0.15, 0.2) is 46.9 Å². The van der Waals surface area contributed by atoms with Crippen LogP contribution < -0.4 is 4.74 Å². The highest BCUT2D eigenvalue weighted by Crippen LogP contribution is 2.30. The van der Waals surface area contributed by atoms with Crippen molar-refractivity contribution in [3.8, 4) is 5.75 Å². The van der Waals surface area contributed by atoms with E-state index in [0.29, 0.717) is 46.3 Å². The Morgan fingerprint density at radius 2 is 2.04 bits per heavy atom. The van der Waals surface area contributed by atoms with E-state index in [0.717, 1.165) is 5.56 Å². The molecular weight excluding hydrogens is 328 g/mol. The van der Waals surface area contributed by atoms with Gasteiger partial charge in [0.25, 0.3) is 0 Å². The first-order valence-corrected chi connectivity index (χ1v) is 8.03. The number of furan rings is 1. The number of esters is 1. The Labute approximate surface area is 144 Å². The number of hydrogen-bond donors (Lipinski definition) is 0. The standard InChI is InChI=1S/C19H17ClO4/c1-3-22-19(21)18-12(2)24-17-8-7-15(10-16(17)18)23-11-13-5-4-6-14(20)9-13/h4-10H,3,11H2,1-2H3. The lowest BCUT2D eigenvalue weighted by atomic mass is 10.1. The van der Waals surface area contributed by atoms with Crippen LogP contribution in [0.4, 0.5) is 0 Å². The van der Waals surface area contributed by atoms with E-state index in [1.54, 1.807) is 26.0 Å². The maximum atomic E-state index is 12.1. The summed E-state index contributed by atoms with van der Waals surface area (Å²) in [5.41, 5.74) is 2.04. The first kappa shape index (κ1) is 16.4. The Balaban J connectivity index is 1.87. The van der Waals surface area contributed by atoms with Crippen molar-refractivity contribution in [2.45, 2.75) is 20.5 Å². The summed E-state index contributed by atoms with van der Waals surface area (Å²) in [5.74, 6) is 0.796. The van der Waals surface area contributed by atoms with Crippen LogP contribution in [0.2, 0.25) is 5.02 Å². The van der Waals surface area contributed by atoms with Crippen molar-refractivity contribution >= 4 is 28.5 Å². The van der Waals surface area contributed by atoms with Crippen molar-refractivity contribution in [3.05, 3.63) is 64.4 Å². The molecule has 4 nitrogen and oxygen atoms in total. The molecule has 0 radical (unpaired) electrons. The van der Waals surface area contributed by atoms with Crippen LogP contribution in [-0.2, 0) is 11.3 Å². The summed E-state index contributed by atoms with van der Waals surface area (Å²) < 4.78 is 16.5. The number of fused-ring (bicyclic) bond motifs is 1. The highest BCUT2D eigenvalue weighted by atomic mass is 35.5. The highest BCUT2D eigenvalue weighted by molar-refractivity contribution is 6.30. The van der Waals surface area contributed by atoms with Crippen LogP contribution in [0.1, 0.15) is 28.6 Å². The molecule has 0 unspecified atom stereocenters. The van der Waals surface area contributed by atoms with Gasteiger partial charge in [0.1, 0.15) is 29.3 Å². The molecule has 0 aliphatic rings. The molecule has 124 valence electrons. The quantitative estimate of drug-likeness (QED) is 0.600. The lowest BCUT2D eigenvalue weighted by Crippen LogP contribution is -2.05. The van der Waals surface area contributed by atoms with Gasteiger partial charge in [0, 0.05) is 10.4 Å². The van der Waals surface area contributed by atoms with E-state index < -0.39 is 0 Å². The number of carbonyl (C=O) groups is 1. The third kappa shape index (κ3) is 3.39. The van der Waals surface area contributed by atoms with Gasteiger partial charge in [-0.1, -0.05) is 23.7 Å². The van der Waals surface area contributed by atoms with E-state index in [4.69, 9.17) is 25.5 Å². The topological polar surface area (TPSA) is 48.7 Å². The van der Waals surface area contributed by atoms with Crippen LogP contribution in [0.5, 0.6) is 5.75 Å². The Morgan fingerprint density at radius 3 is 2.79 bits per heavy atom. The molecule has 3 aromatic rings. The highest BCUT2D eigenvalue weighted by Gasteiger charge is 2.19. The largest absolute Gasteiger partial charge is 0.489 e. The molecule has 1 heterocycles. The average molecular weight is 345 g/mol. The molecule has 0 amide bonds. The van der Waals surface area contributed by atoms with Crippen molar-refractivity contribution in [2.24, 2.45) is 0 Å². The number of halogens is 1. The summed E-state index contributed by atoms with van der Waals surface area (Å²) in [4.78, 5) is 12.1. The zero-order valence-corrected chi connectivity index (χ0v) is 14.2. The minimum absolute atomic E-state index is 0.315. The van der Waals surface area contributed by atoms with Gasteiger partial charge in [-0.25, -0.2) is 4.79 Å². The summed E-state index contributed by atoms with van der Waals surface area (Å²) in [5, 5.41) is 1.36. The number of ether oxygens (including phenoxy) is 2. The zero-order chi connectivity index (χ0) is 17.1. The van der Waals surface area contributed by atoms with Gasteiger partial charge in [0.15, 0.2) is 0 Å². The van der Waals surface area contributed by atoms with Crippen molar-refractivity contribution in [3.63, 3.8) is 0 Å². The van der Waals surface area contributed by atoms with Crippen molar-refractivity contribution in [1.82, 2.24) is 0 Å². The van der Waals surface area contributed by atoms with E-state index in [1.165, 1.54) is 0 Å². The number of benzene rings is 2. The predicted molar refractivity (Wildman–Crippen MR) is 92.7 cm³/mol. The second-order valence-electron chi connectivity index (χ2n) is 5.33. The Bertz CT molecular complexity index is 882. The summed E-state index contributed by atoms with van der Waals surface area (Å²) in [6.07, 6.45) is 0. The van der Waals surface area contributed by atoms with Crippen molar-refractivity contribution < 1.29 is 18.7 Å². The molecule has 2 aromatic carbocycles. The van der Waals surface area contributed by atoms with Gasteiger partial charge in [-0.15, -0.1) is 0 Å². The average Bonchev–Trinajstić information content (AvgIpc) is 2.88. The molecule has 0 atom stereocenters. The lowest BCUT2D eigenvalue weighted by molar-refractivity contribution is 0.0526.